The molecule has 0 saturated heterocycles. The van der Waals surface area contributed by atoms with Gasteiger partial charge >= 0.3 is 0 Å². The Labute approximate surface area is 127 Å². The fourth-order valence-electron chi connectivity index (χ4n) is 2.68. The van der Waals surface area contributed by atoms with Gasteiger partial charge in [0.15, 0.2) is 0 Å². The second-order valence-corrected chi connectivity index (χ2v) is 5.96. The molecule has 0 aliphatic rings. The van der Waals surface area contributed by atoms with Crippen molar-refractivity contribution in [1.29, 1.82) is 0 Å². The van der Waals surface area contributed by atoms with Crippen LogP contribution in [0.15, 0.2) is 36.4 Å². The molecule has 0 saturated carbocycles. The number of hydrogen-bond donors (Lipinski definition) is 1. The summed E-state index contributed by atoms with van der Waals surface area (Å²) in [6, 6.07) is 12.9. The van der Waals surface area contributed by atoms with Crippen molar-refractivity contribution in [3.05, 3.63) is 64.2 Å². The molecule has 1 unspecified atom stereocenters. The lowest BCUT2D eigenvalue weighted by molar-refractivity contribution is 0.301. The van der Waals surface area contributed by atoms with Gasteiger partial charge in [0, 0.05) is 6.04 Å². The maximum Gasteiger partial charge on any atom is 0.125 e. The molecule has 0 bridgehead atoms. The van der Waals surface area contributed by atoms with Gasteiger partial charge in [-0.25, -0.2) is 0 Å². The molecule has 2 rings (SSSR count). The molecule has 0 heterocycles. The molecule has 2 heteroatoms. The summed E-state index contributed by atoms with van der Waals surface area (Å²) in [4.78, 5) is 0. The van der Waals surface area contributed by atoms with Crippen LogP contribution in [0.4, 0.5) is 0 Å². The largest absolute Gasteiger partial charge is 0.488 e. The van der Waals surface area contributed by atoms with Crippen molar-refractivity contribution in [2.24, 2.45) is 5.73 Å². The van der Waals surface area contributed by atoms with Crippen molar-refractivity contribution in [2.75, 3.05) is 0 Å². The van der Waals surface area contributed by atoms with Crippen molar-refractivity contribution < 1.29 is 4.74 Å². The van der Waals surface area contributed by atoms with E-state index in [2.05, 4.69) is 57.2 Å². The zero-order chi connectivity index (χ0) is 15.4. The van der Waals surface area contributed by atoms with E-state index in [0.717, 1.165) is 12.2 Å². The van der Waals surface area contributed by atoms with Gasteiger partial charge in [0.25, 0.3) is 0 Å². The van der Waals surface area contributed by atoms with Crippen molar-refractivity contribution in [3.63, 3.8) is 0 Å². The van der Waals surface area contributed by atoms with Crippen LogP contribution in [-0.2, 0) is 13.0 Å². The zero-order valence-corrected chi connectivity index (χ0v) is 13.4. The average molecular weight is 283 g/mol. The van der Waals surface area contributed by atoms with Gasteiger partial charge in [0.2, 0.25) is 0 Å². The fourth-order valence-corrected chi connectivity index (χ4v) is 2.68. The molecule has 21 heavy (non-hydrogen) atoms. The van der Waals surface area contributed by atoms with E-state index >= 15 is 0 Å². The van der Waals surface area contributed by atoms with Gasteiger partial charge in [-0.05, 0) is 61.9 Å². The van der Waals surface area contributed by atoms with Crippen LogP contribution in [0.25, 0.3) is 0 Å². The summed E-state index contributed by atoms with van der Waals surface area (Å²) < 4.78 is 6.06. The van der Waals surface area contributed by atoms with E-state index in [9.17, 15) is 0 Å². The van der Waals surface area contributed by atoms with Crippen molar-refractivity contribution >= 4 is 0 Å². The van der Waals surface area contributed by atoms with Crippen LogP contribution in [-0.4, -0.2) is 6.04 Å². The summed E-state index contributed by atoms with van der Waals surface area (Å²) >= 11 is 0. The van der Waals surface area contributed by atoms with E-state index in [-0.39, 0.29) is 6.04 Å². The summed E-state index contributed by atoms with van der Waals surface area (Å²) in [6.07, 6.45) is 0.903. The highest BCUT2D eigenvalue weighted by molar-refractivity contribution is 5.44. The first-order valence-corrected chi connectivity index (χ1v) is 7.50. The van der Waals surface area contributed by atoms with Gasteiger partial charge in [-0.3, -0.25) is 0 Å². The molecular formula is C19H25NO. The van der Waals surface area contributed by atoms with Crippen LogP contribution >= 0.6 is 0 Å². The molecule has 1 atom stereocenters. The Balaban J connectivity index is 2.15. The van der Waals surface area contributed by atoms with Gasteiger partial charge in [-0.15, -0.1) is 0 Å². The van der Waals surface area contributed by atoms with Gasteiger partial charge in [0.05, 0.1) is 0 Å². The topological polar surface area (TPSA) is 35.2 Å². The molecule has 2 aromatic rings. The highest BCUT2D eigenvalue weighted by Crippen LogP contribution is 2.26. The van der Waals surface area contributed by atoms with Crippen LogP contribution in [0.5, 0.6) is 5.75 Å². The lowest BCUT2D eigenvalue weighted by Crippen LogP contribution is -2.18. The Hall–Kier alpha value is -1.80. The molecule has 0 fully saturated rings. The third kappa shape index (κ3) is 4.08. The van der Waals surface area contributed by atoms with Crippen molar-refractivity contribution in [2.45, 2.75) is 46.8 Å². The normalized spacial score (nSPS) is 12.2. The number of benzene rings is 2. The molecular weight excluding hydrogens is 258 g/mol. The maximum atomic E-state index is 6.06. The number of ether oxygens (including phenoxy) is 1. The minimum Gasteiger partial charge on any atom is -0.488 e. The number of aryl methyl sites for hydroxylation is 3. The lowest BCUT2D eigenvalue weighted by atomic mass is 10.0. The Kier molecular flexibility index (Phi) is 5.03. The molecule has 112 valence electrons. The van der Waals surface area contributed by atoms with Gasteiger partial charge in [-0.2, -0.15) is 0 Å². The Bertz CT molecular complexity index is 594. The first-order valence-electron chi connectivity index (χ1n) is 7.50. The van der Waals surface area contributed by atoms with Crippen LogP contribution in [0.1, 0.15) is 34.7 Å². The smallest absolute Gasteiger partial charge is 0.125 e. The summed E-state index contributed by atoms with van der Waals surface area (Å²) in [6.45, 7) is 8.97. The van der Waals surface area contributed by atoms with E-state index in [0.29, 0.717) is 6.61 Å². The minimum atomic E-state index is 0.183. The molecule has 0 aliphatic heterocycles. The maximum absolute atomic E-state index is 6.06. The van der Waals surface area contributed by atoms with Crippen molar-refractivity contribution in [1.82, 2.24) is 0 Å². The highest BCUT2D eigenvalue weighted by atomic mass is 16.5. The monoisotopic (exact) mass is 283 g/mol. The zero-order valence-electron chi connectivity index (χ0n) is 13.4. The number of rotatable bonds is 5. The first kappa shape index (κ1) is 15.6. The summed E-state index contributed by atoms with van der Waals surface area (Å²) in [7, 11) is 0. The third-order valence-corrected chi connectivity index (χ3v) is 3.71. The Morgan fingerprint density at radius 1 is 1.00 bits per heavy atom. The minimum absolute atomic E-state index is 0.183. The van der Waals surface area contributed by atoms with Gasteiger partial charge in [0.1, 0.15) is 12.4 Å². The predicted octanol–water partition coefficient (Wildman–Crippen LogP) is 4.08. The van der Waals surface area contributed by atoms with Crippen molar-refractivity contribution in [3.8, 4) is 5.75 Å². The Morgan fingerprint density at radius 2 is 1.62 bits per heavy atom. The lowest BCUT2D eigenvalue weighted by Gasteiger charge is -2.16. The van der Waals surface area contributed by atoms with Crippen LogP contribution < -0.4 is 10.5 Å². The molecule has 2 nitrogen and oxygen atoms in total. The van der Waals surface area contributed by atoms with Crippen LogP contribution in [0, 0.1) is 20.8 Å². The van der Waals surface area contributed by atoms with Crippen LogP contribution in [0.2, 0.25) is 0 Å². The summed E-state index contributed by atoms with van der Waals surface area (Å²) in [5, 5.41) is 0. The van der Waals surface area contributed by atoms with Crippen LogP contribution in [0.3, 0.4) is 0 Å². The molecule has 0 aromatic heterocycles. The predicted molar refractivity (Wildman–Crippen MR) is 88.8 cm³/mol. The van der Waals surface area contributed by atoms with Gasteiger partial charge in [-0.1, -0.05) is 36.4 Å². The number of nitrogens with two attached hydrogens (primary N) is 1. The quantitative estimate of drug-likeness (QED) is 0.897. The standard InChI is InChI=1S/C19H25NO/c1-13-7-5-6-8-18(13)12-21-19-14(2)9-17(10-15(19)3)11-16(4)20/h5-10,16H,11-12,20H2,1-4H3. The van der Waals surface area contributed by atoms with E-state index in [4.69, 9.17) is 10.5 Å². The molecule has 0 spiro atoms. The van der Waals surface area contributed by atoms with E-state index in [1.54, 1.807) is 0 Å². The van der Waals surface area contributed by atoms with E-state index in [1.165, 1.54) is 27.8 Å². The average Bonchev–Trinajstić information content (AvgIpc) is 2.39. The second-order valence-electron chi connectivity index (χ2n) is 5.96. The summed E-state index contributed by atoms with van der Waals surface area (Å²) in [5.41, 5.74) is 12.0. The molecule has 2 aromatic carbocycles. The summed E-state index contributed by atoms with van der Waals surface area (Å²) in [5.74, 6) is 0.992. The van der Waals surface area contributed by atoms with Gasteiger partial charge < -0.3 is 10.5 Å². The highest BCUT2D eigenvalue weighted by Gasteiger charge is 2.08. The third-order valence-electron chi connectivity index (χ3n) is 3.71. The SMILES string of the molecule is Cc1ccccc1COc1c(C)cc(CC(C)N)cc1C. The van der Waals surface area contributed by atoms with E-state index in [1.807, 2.05) is 6.92 Å². The second kappa shape index (κ2) is 6.77. The fraction of sp³-hybridized carbons (Fsp3) is 0.368. The first-order chi connectivity index (χ1) is 9.97. The van der Waals surface area contributed by atoms with E-state index < -0.39 is 0 Å². The molecule has 0 radical (unpaired) electrons. The molecule has 0 amide bonds. The molecule has 2 N–H and O–H groups in total. The number of hydrogen-bond acceptors (Lipinski definition) is 2. The molecule has 0 aliphatic carbocycles. The Morgan fingerprint density at radius 3 is 2.19 bits per heavy atom.